The number of hydrogen-bond donors (Lipinski definition) is 0. The zero-order valence-electron chi connectivity index (χ0n) is 10.5. The van der Waals surface area contributed by atoms with Crippen molar-refractivity contribution in [1.29, 1.82) is 0 Å². The topological polar surface area (TPSA) is 43.4 Å². The Labute approximate surface area is 98.8 Å². The molecule has 0 N–H and O–H groups in total. The van der Waals surface area contributed by atoms with E-state index in [2.05, 4.69) is 6.92 Å². The third-order valence-corrected chi connectivity index (χ3v) is 5.19. The monoisotopic (exact) mass is 246 g/mol. The van der Waals surface area contributed by atoms with Crippen LogP contribution >= 0.6 is 0 Å². The van der Waals surface area contributed by atoms with Crippen LogP contribution in [0.25, 0.3) is 0 Å². The van der Waals surface area contributed by atoms with Crippen molar-refractivity contribution in [2.75, 3.05) is 18.1 Å². The van der Waals surface area contributed by atoms with Crippen molar-refractivity contribution >= 4 is 9.84 Å². The van der Waals surface area contributed by atoms with Crippen LogP contribution in [0, 0.1) is 5.41 Å². The van der Waals surface area contributed by atoms with Gasteiger partial charge < -0.3 is 4.74 Å². The number of allylic oxidation sites excluding steroid dienone is 1. The van der Waals surface area contributed by atoms with Crippen LogP contribution < -0.4 is 0 Å². The Balaban J connectivity index is 2.24. The van der Waals surface area contributed by atoms with Gasteiger partial charge in [-0.2, -0.15) is 0 Å². The molecular weight excluding hydrogens is 224 g/mol. The summed E-state index contributed by atoms with van der Waals surface area (Å²) < 4.78 is 27.7. The Bertz CT molecular complexity index is 338. The lowest BCUT2D eigenvalue weighted by atomic mass is 9.84. The molecule has 0 bridgehead atoms. The molecule has 0 aromatic rings. The molecule has 1 heterocycles. The van der Waals surface area contributed by atoms with Crippen LogP contribution in [0.1, 0.15) is 40.0 Å². The second kappa shape index (κ2) is 5.21. The molecule has 0 aromatic heterocycles. The van der Waals surface area contributed by atoms with Crippen LogP contribution in [-0.4, -0.2) is 26.5 Å². The normalized spacial score (nSPS) is 20.9. The minimum Gasteiger partial charge on any atom is -0.501 e. The van der Waals surface area contributed by atoms with Gasteiger partial charge in [-0.3, -0.25) is 0 Å². The molecule has 0 radical (unpaired) electrons. The molecule has 0 amide bonds. The highest BCUT2D eigenvalue weighted by Crippen LogP contribution is 2.40. The third-order valence-electron chi connectivity index (χ3n) is 3.09. The molecule has 0 unspecified atom stereocenters. The molecule has 1 fully saturated rings. The maximum absolute atomic E-state index is 11.2. The molecule has 0 spiro atoms. The van der Waals surface area contributed by atoms with E-state index in [0.717, 1.165) is 24.8 Å². The van der Waals surface area contributed by atoms with Crippen LogP contribution in [-0.2, 0) is 14.6 Å². The number of hydrogen-bond acceptors (Lipinski definition) is 3. The molecule has 0 aliphatic carbocycles. The van der Waals surface area contributed by atoms with E-state index in [4.69, 9.17) is 4.74 Å². The minimum absolute atomic E-state index is 0.0488. The summed E-state index contributed by atoms with van der Waals surface area (Å²) in [6.45, 7) is 6.75. The molecule has 1 rings (SSSR count). The first-order valence-electron chi connectivity index (χ1n) is 5.85. The lowest BCUT2D eigenvalue weighted by Gasteiger charge is -2.40. The Morgan fingerprint density at radius 3 is 2.44 bits per heavy atom. The van der Waals surface area contributed by atoms with Crippen LogP contribution in [0.5, 0.6) is 0 Å². The third kappa shape index (κ3) is 3.81. The Kier molecular flexibility index (Phi) is 4.42. The summed E-state index contributed by atoms with van der Waals surface area (Å²) in [4.78, 5) is 0. The fourth-order valence-electron chi connectivity index (χ4n) is 2.17. The lowest BCUT2D eigenvalue weighted by Crippen LogP contribution is -2.48. The zero-order chi connectivity index (χ0) is 12.2. The summed E-state index contributed by atoms with van der Waals surface area (Å²) >= 11 is 0. The molecule has 0 atom stereocenters. The second-order valence-electron chi connectivity index (χ2n) is 5.06. The summed E-state index contributed by atoms with van der Waals surface area (Å²) in [6.07, 6.45) is 4.61. The van der Waals surface area contributed by atoms with Crippen LogP contribution in [0.4, 0.5) is 0 Å². The van der Waals surface area contributed by atoms with E-state index >= 15 is 0 Å². The van der Waals surface area contributed by atoms with Gasteiger partial charge in [0.2, 0.25) is 0 Å². The summed E-state index contributed by atoms with van der Waals surface area (Å²) in [6, 6.07) is 0. The van der Waals surface area contributed by atoms with Crippen molar-refractivity contribution in [1.82, 2.24) is 0 Å². The van der Waals surface area contributed by atoms with Crippen LogP contribution in [0.3, 0.4) is 0 Å². The van der Waals surface area contributed by atoms with Crippen LogP contribution in [0.2, 0.25) is 0 Å². The molecule has 94 valence electrons. The van der Waals surface area contributed by atoms with E-state index in [-0.39, 0.29) is 5.41 Å². The Morgan fingerprint density at radius 1 is 1.38 bits per heavy atom. The van der Waals surface area contributed by atoms with Gasteiger partial charge in [-0.05, 0) is 44.1 Å². The fraction of sp³-hybridized carbons (Fsp3) is 0.833. The predicted molar refractivity (Wildman–Crippen MR) is 66.0 cm³/mol. The van der Waals surface area contributed by atoms with Gasteiger partial charge in [0.25, 0.3) is 0 Å². The van der Waals surface area contributed by atoms with Gasteiger partial charge in [0.05, 0.1) is 24.4 Å². The number of ether oxygens (including phenoxy) is 1. The number of sulfone groups is 1. The van der Waals surface area contributed by atoms with E-state index in [1.807, 2.05) is 13.8 Å². The fourth-order valence-corrected chi connectivity index (χ4v) is 4.65. The van der Waals surface area contributed by atoms with E-state index in [1.54, 1.807) is 6.26 Å². The van der Waals surface area contributed by atoms with Crippen molar-refractivity contribution in [2.24, 2.45) is 5.41 Å². The average Bonchev–Trinajstić information content (AvgIpc) is 2.13. The second-order valence-corrected chi connectivity index (χ2v) is 7.12. The van der Waals surface area contributed by atoms with E-state index < -0.39 is 9.84 Å². The van der Waals surface area contributed by atoms with Gasteiger partial charge in [0, 0.05) is 0 Å². The van der Waals surface area contributed by atoms with Crippen molar-refractivity contribution in [3.63, 3.8) is 0 Å². The first-order valence-corrected chi connectivity index (χ1v) is 7.67. The van der Waals surface area contributed by atoms with Gasteiger partial charge >= 0.3 is 0 Å². The van der Waals surface area contributed by atoms with Gasteiger partial charge in [-0.25, -0.2) is 8.42 Å². The number of rotatable bonds is 6. The summed E-state index contributed by atoms with van der Waals surface area (Å²) in [5.41, 5.74) is 1.20. The largest absolute Gasteiger partial charge is 0.501 e. The van der Waals surface area contributed by atoms with Crippen molar-refractivity contribution in [3.05, 3.63) is 11.8 Å². The van der Waals surface area contributed by atoms with Crippen LogP contribution in [0.15, 0.2) is 11.8 Å². The molecule has 1 aliphatic rings. The molecule has 1 aliphatic heterocycles. The molecule has 4 heteroatoms. The summed E-state index contributed by atoms with van der Waals surface area (Å²) in [5, 5.41) is 0. The average molecular weight is 246 g/mol. The Hall–Kier alpha value is -0.510. The predicted octanol–water partition coefficient (Wildman–Crippen LogP) is 2.53. The van der Waals surface area contributed by atoms with Crippen molar-refractivity contribution in [2.45, 2.75) is 40.0 Å². The maximum Gasteiger partial charge on any atom is 0.151 e. The van der Waals surface area contributed by atoms with E-state index in [9.17, 15) is 8.42 Å². The highest BCUT2D eigenvalue weighted by molar-refractivity contribution is 7.92. The van der Waals surface area contributed by atoms with Gasteiger partial charge in [0.15, 0.2) is 9.84 Å². The smallest absolute Gasteiger partial charge is 0.151 e. The van der Waals surface area contributed by atoms with E-state index in [0.29, 0.717) is 18.1 Å². The molecule has 3 nitrogen and oxygen atoms in total. The molecule has 16 heavy (non-hydrogen) atoms. The summed E-state index contributed by atoms with van der Waals surface area (Å²) in [7, 11) is -2.71. The maximum atomic E-state index is 11.2. The van der Waals surface area contributed by atoms with E-state index in [1.165, 1.54) is 0 Å². The standard InChI is InChI=1S/C12H22O3S/c1-4-12(9-16(13,14)10-12)6-5-7-15-8-11(2)3/h8H,4-7,9-10H2,1-3H3. The Morgan fingerprint density at radius 2 is 2.00 bits per heavy atom. The van der Waals surface area contributed by atoms with Gasteiger partial charge in [-0.1, -0.05) is 6.92 Å². The molecule has 0 aromatic carbocycles. The SMILES string of the molecule is CCC1(CCCOC=C(C)C)CS(=O)(=O)C1. The first kappa shape index (κ1) is 13.6. The lowest BCUT2D eigenvalue weighted by molar-refractivity contribution is 0.204. The van der Waals surface area contributed by atoms with Gasteiger partial charge in [-0.15, -0.1) is 0 Å². The van der Waals surface area contributed by atoms with Crippen molar-refractivity contribution in [3.8, 4) is 0 Å². The minimum atomic E-state index is -2.71. The highest BCUT2D eigenvalue weighted by Gasteiger charge is 2.46. The first-order chi connectivity index (χ1) is 7.39. The quantitative estimate of drug-likeness (QED) is 0.534. The highest BCUT2D eigenvalue weighted by atomic mass is 32.2. The molecule has 1 saturated heterocycles. The van der Waals surface area contributed by atoms with Crippen molar-refractivity contribution < 1.29 is 13.2 Å². The van der Waals surface area contributed by atoms with Gasteiger partial charge in [0.1, 0.15) is 0 Å². The molecular formula is C12H22O3S. The molecule has 0 saturated carbocycles. The zero-order valence-corrected chi connectivity index (χ0v) is 11.3. The summed E-state index contributed by atoms with van der Waals surface area (Å²) in [5.74, 6) is 0.748.